The van der Waals surface area contributed by atoms with E-state index >= 15 is 0 Å². The lowest BCUT2D eigenvalue weighted by atomic mass is 10.1. The smallest absolute Gasteiger partial charge is 0.269 e. The van der Waals surface area contributed by atoms with Crippen LogP contribution >= 0.6 is 35.1 Å². The van der Waals surface area contributed by atoms with Crippen LogP contribution in [0.15, 0.2) is 74.7 Å². The molecule has 7 nitrogen and oxygen atoms in total. The van der Waals surface area contributed by atoms with Crippen LogP contribution in [0.25, 0.3) is 0 Å². The Bertz CT molecular complexity index is 1210. The molecule has 0 radical (unpaired) electrons. The first-order chi connectivity index (χ1) is 15.6. The summed E-state index contributed by atoms with van der Waals surface area (Å²) in [6, 6.07) is 15.9. The number of aromatic amines is 1. The fourth-order valence-corrected chi connectivity index (χ4v) is 6.13. The van der Waals surface area contributed by atoms with Crippen molar-refractivity contribution in [1.29, 1.82) is 0 Å². The molecular weight excluding hydrogens is 464 g/mol. The number of halogens is 1. The Morgan fingerprint density at radius 1 is 1.12 bits per heavy atom. The standard InChI is InChI=1S/C22H19ClN6OS2/c1-2-28-16-12-15(23)8-9-17(16)31-20(28)18-19(30)29(11-10-14-6-4-3-5-7-14)22(32-18)26-21-24-13-25-27-21/h3-9,12-13H,2,10-11H2,1H3,(H,24,25,27)/b20-18-,26-22-. The van der Waals surface area contributed by atoms with E-state index in [9.17, 15) is 4.79 Å². The summed E-state index contributed by atoms with van der Waals surface area (Å²) in [5, 5.41) is 8.80. The molecule has 32 heavy (non-hydrogen) atoms. The van der Waals surface area contributed by atoms with Crippen molar-refractivity contribution in [2.75, 3.05) is 18.0 Å². The Kier molecular flexibility index (Phi) is 5.95. The SMILES string of the molecule is CCN1/C(=C2/S/C(=N\c3ncn[nH]3)N(CCc3ccccc3)C2=O)Sc2ccc(Cl)cc21. The molecular formula is C22H19ClN6OS2. The minimum absolute atomic E-state index is 0.0518. The molecule has 2 aliphatic heterocycles. The lowest BCUT2D eigenvalue weighted by molar-refractivity contribution is -0.122. The molecule has 0 bridgehead atoms. The van der Waals surface area contributed by atoms with Gasteiger partial charge in [0.1, 0.15) is 16.3 Å². The highest BCUT2D eigenvalue weighted by molar-refractivity contribution is 8.19. The highest BCUT2D eigenvalue weighted by atomic mass is 35.5. The van der Waals surface area contributed by atoms with Crippen molar-refractivity contribution in [3.05, 3.63) is 75.4 Å². The van der Waals surface area contributed by atoms with E-state index in [0.717, 1.165) is 34.1 Å². The predicted octanol–water partition coefficient (Wildman–Crippen LogP) is 5.07. The van der Waals surface area contributed by atoms with Crippen LogP contribution in [0.4, 0.5) is 11.6 Å². The Morgan fingerprint density at radius 2 is 1.97 bits per heavy atom. The van der Waals surface area contributed by atoms with E-state index in [0.29, 0.717) is 27.6 Å². The van der Waals surface area contributed by atoms with Crippen LogP contribution in [0, 0.1) is 0 Å². The molecule has 2 aliphatic rings. The van der Waals surface area contributed by atoms with Crippen molar-refractivity contribution in [2.45, 2.75) is 18.2 Å². The zero-order chi connectivity index (χ0) is 22.1. The number of rotatable bonds is 5. The molecule has 0 atom stereocenters. The molecule has 0 aliphatic carbocycles. The average Bonchev–Trinajstić information content (AvgIpc) is 3.51. The van der Waals surface area contributed by atoms with Gasteiger partial charge in [0.05, 0.1) is 5.69 Å². The number of aliphatic imine (C=N–C) groups is 1. The summed E-state index contributed by atoms with van der Waals surface area (Å²) in [6.45, 7) is 3.32. The molecule has 10 heteroatoms. The van der Waals surface area contributed by atoms with Gasteiger partial charge in [-0.3, -0.25) is 9.69 Å². The van der Waals surface area contributed by atoms with Crippen molar-refractivity contribution in [1.82, 2.24) is 20.1 Å². The Morgan fingerprint density at radius 3 is 2.72 bits per heavy atom. The summed E-state index contributed by atoms with van der Waals surface area (Å²) >= 11 is 9.21. The van der Waals surface area contributed by atoms with Crippen molar-refractivity contribution in [2.24, 2.45) is 4.99 Å². The predicted molar refractivity (Wildman–Crippen MR) is 130 cm³/mol. The second-order valence-corrected chi connectivity index (χ2v) is 9.54. The number of thioether (sulfide) groups is 2. The van der Waals surface area contributed by atoms with E-state index in [1.54, 1.807) is 16.7 Å². The van der Waals surface area contributed by atoms with Gasteiger partial charge < -0.3 is 4.90 Å². The van der Waals surface area contributed by atoms with E-state index in [2.05, 4.69) is 44.1 Å². The molecule has 1 N–H and O–H groups in total. The van der Waals surface area contributed by atoms with Gasteiger partial charge in [-0.15, -0.1) is 0 Å². The lowest BCUT2D eigenvalue weighted by Crippen LogP contribution is -2.32. The van der Waals surface area contributed by atoms with Gasteiger partial charge in [0.2, 0.25) is 5.95 Å². The van der Waals surface area contributed by atoms with Gasteiger partial charge >= 0.3 is 0 Å². The van der Waals surface area contributed by atoms with E-state index < -0.39 is 0 Å². The van der Waals surface area contributed by atoms with Crippen LogP contribution in [-0.4, -0.2) is 44.2 Å². The molecule has 0 saturated carbocycles. The molecule has 162 valence electrons. The molecule has 1 aromatic heterocycles. The van der Waals surface area contributed by atoms with Gasteiger partial charge in [-0.25, -0.2) is 5.10 Å². The Labute approximate surface area is 199 Å². The minimum Gasteiger partial charge on any atom is -0.334 e. The molecule has 3 aromatic rings. The van der Waals surface area contributed by atoms with Crippen LogP contribution in [-0.2, 0) is 11.2 Å². The summed E-state index contributed by atoms with van der Waals surface area (Å²) in [4.78, 5) is 27.9. The summed E-state index contributed by atoms with van der Waals surface area (Å²) in [5.41, 5.74) is 2.19. The van der Waals surface area contributed by atoms with E-state index in [4.69, 9.17) is 11.6 Å². The van der Waals surface area contributed by atoms with Gasteiger partial charge in [-0.2, -0.15) is 15.1 Å². The number of benzene rings is 2. The van der Waals surface area contributed by atoms with Crippen LogP contribution in [0.3, 0.4) is 0 Å². The quantitative estimate of drug-likeness (QED) is 0.512. The number of amides is 1. The maximum Gasteiger partial charge on any atom is 0.269 e. The first kappa shape index (κ1) is 21.1. The Balaban J connectivity index is 1.50. The summed E-state index contributed by atoms with van der Waals surface area (Å²) in [7, 11) is 0. The average molecular weight is 483 g/mol. The summed E-state index contributed by atoms with van der Waals surface area (Å²) in [6.07, 6.45) is 2.13. The van der Waals surface area contributed by atoms with E-state index in [1.165, 1.54) is 18.1 Å². The topological polar surface area (TPSA) is 77.5 Å². The van der Waals surface area contributed by atoms with Crippen LogP contribution in [0.2, 0.25) is 5.02 Å². The normalized spacial score (nSPS) is 19.3. The molecule has 0 spiro atoms. The third-order valence-corrected chi connectivity index (χ3v) is 7.72. The monoisotopic (exact) mass is 482 g/mol. The number of nitrogens with one attached hydrogen (secondary N) is 1. The molecule has 1 amide bonds. The lowest BCUT2D eigenvalue weighted by Gasteiger charge is -2.19. The van der Waals surface area contributed by atoms with Crippen molar-refractivity contribution < 1.29 is 4.79 Å². The Hall–Kier alpha value is -2.75. The van der Waals surface area contributed by atoms with Gasteiger partial charge in [0.25, 0.3) is 5.91 Å². The number of hydrogen-bond donors (Lipinski definition) is 1. The number of anilines is 1. The van der Waals surface area contributed by atoms with E-state index in [-0.39, 0.29) is 5.91 Å². The van der Waals surface area contributed by atoms with Gasteiger partial charge in [-0.05, 0) is 48.9 Å². The number of aromatic nitrogens is 3. The van der Waals surface area contributed by atoms with Crippen LogP contribution in [0.1, 0.15) is 12.5 Å². The second-order valence-electron chi connectivity index (χ2n) is 7.09. The van der Waals surface area contributed by atoms with Gasteiger partial charge in [-0.1, -0.05) is 53.7 Å². The first-order valence-electron chi connectivity index (χ1n) is 10.1. The largest absolute Gasteiger partial charge is 0.334 e. The van der Waals surface area contributed by atoms with Crippen LogP contribution in [0.5, 0.6) is 0 Å². The highest BCUT2D eigenvalue weighted by Gasteiger charge is 2.39. The molecule has 3 heterocycles. The fraction of sp³-hybridized carbons (Fsp3) is 0.182. The number of fused-ring (bicyclic) bond motifs is 1. The minimum atomic E-state index is -0.0518. The molecule has 2 aromatic carbocycles. The third-order valence-electron chi connectivity index (χ3n) is 5.11. The fourth-order valence-electron chi connectivity index (χ4n) is 3.58. The van der Waals surface area contributed by atoms with Crippen molar-refractivity contribution >= 4 is 57.8 Å². The summed E-state index contributed by atoms with van der Waals surface area (Å²) < 4.78 is 0. The number of carbonyl (C=O) groups excluding carboxylic acids is 1. The number of H-pyrrole nitrogens is 1. The maximum absolute atomic E-state index is 13.6. The van der Waals surface area contributed by atoms with Crippen LogP contribution < -0.4 is 4.90 Å². The number of carbonyl (C=O) groups is 1. The molecule has 0 unspecified atom stereocenters. The molecule has 1 fully saturated rings. The zero-order valence-electron chi connectivity index (χ0n) is 17.2. The van der Waals surface area contributed by atoms with E-state index in [1.807, 2.05) is 36.4 Å². The summed E-state index contributed by atoms with van der Waals surface area (Å²) in [5.74, 6) is 0.321. The third kappa shape index (κ3) is 4.03. The number of nitrogens with zero attached hydrogens (tertiary/aromatic N) is 5. The molecule has 5 rings (SSSR count). The molecule has 1 saturated heterocycles. The zero-order valence-corrected chi connectivity index (χ0v) is 19.5. The highest BCUT2D eigenvalue weighted by Crippen LogP contribution is 2.51. The number of hydrogen-bond acceptors (Lipinski definition) is 7. The van der Waals surface area contributed by atoms with Gasteiger partial charge in [0.15, 0.2) is 5.17 Å². The van der Waals surface area contributed by atoms with Gasteiger partial charge in [0, 0.05) is 23.0 Å². The van der Waals surface area contributed by atoms with Crippen molar-refractivity contribution in [3.8, 4) is 0 Å². The first-order valence-corrected chi connectivity index (χ1v) is 12.1. The maximum atomic E-state index is 13.6. The van der Waals surface area contributed by atoms with Crippen molar-refractivity contribution in [3.63, 3.8) is 0 Å². The second kappa shape index (κ2) is 9.01. The number of amidine groups is 1.